The Kier molecular flexibility index (Phi) is 6.27. The zero-order valence-electron chi connectivity index (χ0n) is 12.0. The smallest absolute Gasteiger partial charge is 0.323 e. The maximum absolute atomic E-state index is 9.53. The maximum Gasteiger partial charge on any atom is 0.323 e. The number of hydrogen-bond donors (Lipinski definition) is 3. The molecule has 19 heavy (non-hydrogen) atoms. The number of aliphatic hydroxyl groups is 1. The van der Waals surface area contributed by atoms with E-state index in [-0.39, 0.29) is 12.1 Å². The van der Waals surface area contributed by atoms with Gasteiger partial charge >= 0.3 is 6.01 Å². The van der Waals surface area contributed by atoms with E-state index in [4.69, 9.17) is 4.74 Å². The molecule has 0 bridgehead atoms. The van der Waals surface area contributed by atoms with E-state index in [0.29, 0.717) is 31.4 Å². The number of rotatable bonds is 8. The van der Waals surface area contributed by atoms with E-state index in [2.05, 4.69) is 25.6 Å². The average molecular weight is 269 g/mol. The van der Waals surface area contributed by atoms with Gasteiger partial charge in [0.25, 0.3) is 0 Å². The van der Waals surface area contributed by atoms with Crippen LogP contribution in [-0.2, 0) is 0 Å². The van der Waals surface area contributed by atoms with Gasteiger partial charge in [-0.15, -0.1) is 0 Å². The first kappa shape index (κ1) is 15.4. The summed E-state index contributed by atoms with van der Waals surface area (Å²) in [7, 11) is 0. The predicted octanol–water partition coefficient (Wildman–Crippen LogP) is 1.27. The monoisotopic (exact) mass is 269 g/mol. The molecule has 0 aliphatic heterocycles. The second kappa shape index (κ2) is 7.73. The van der Waals surface area contributed by atoms with E-state index in [1.807, 2.05) is 27.7 Å². The minimum absolute atomic E-state index is 0.00837. The fourth-order valence-corrected chi connectivity index (χ4v) is 1.29. The van der Waals surface area contributed by atoms with Gasteiger partial charge in [-0.3, -0.25) is 0 Å². The average Bonchev–Trinajstić information content (AvgIpc) is 2.35. The number of ether oxygens (including phenoxy) is 1. The Morgan fingerprint density at radius 1 is 1.11 bits per heavy atom. The summed E-state index contributed by atoms with van der Waals surface area (Å²) in [5.74, 6) is 0.857. The number of anilines is 2. The third-order valence-corrected chi connectivity index (χ3v) is 2.26. The molecule has 1 unspecified atom stereocenters. The first-order chi connectivity index (χ1) is 9.05. The van der Waals surface area contributed by atoms with Gasteiger partial charge in [-0.05, 0) is 27.2 Å². The molecular weight excluding hydrogens is 246 g/mol. The first-order valence-corrected chi connectivity index (χ1v) is 6.63. The van der Waals surface area contributed by atoms with Crippen molar-refractivity contribution in [3.63, 3.8) is 0 Å². The zero-order chi connectivity index (χ0) is 14.3. The molecule has 1 aromatic heterocycles. The maximum atomic E-state index is 9.53. The molecule has 7 nitrogen and oxygen atoms in total. The Bertz CT molecular complexity index is 386. The Balaban J connectivity index is 2.79. The molecule has 1 atom stereocenters. The van der Waals surface area contributed by atoms with Crippen LogP contribution in [0, 0.1) is 0 Å². The van der Waals surface area contributed by atoms with E-state index in [1.165, 1.54) is 0 Å². The van der Waals surface area contributed by atoms with Gasteiger partial charge in [0.2, 0.25) is 11.9 Å². The molecule has 7 heteroatoms. The quantitative estimate of drug-likeness (QED) is 0.654. The largest absolute Gasteiger partial charge is 0.461 e. The van der Waals surface area contributed by atoms with Crippen LogP contribution in [0.1, 0.15) is 34.1 Å². The lowest BCUT2D eigenvalue weighted by atomic mass is 10.3. The number of aromatic nitrogens is 3. The molecule has 108 valence electrons. The van der Waals surface area contributed by atoms with Crippen molar-refractivity contribution < 1.29 is 9.84 Å². The summed E-state index contributed by atoms with van der Waals surface area (Å²) >= 11 is 0. The highest BCUT2D eigenvalue weighted by molar-refractivity contribution is 5.35. The molecule has 0 saturated carbocycles. The SMILES string of the molecule is CCNc1nc(NCC(O)CC)nc(OC(C)C)n1. The fraction of sp³-hybridized carbons (Fsp3) is 0.750. The molecule has 0 aliphatic carbocycles. The molecular formula is C12H23N5O2. The van der Waals surface area contributed by atoms with Crippen LogP contribution in [0.4, 0.5) is 11.9 Å². The van der Waals surface area contributed by atoms with E-state index in [1.54, 1.807) is 0 Å². The highest BCUT2D eigenvalue weighted by atomic mass is 16.5. The molecule has 0 amide bonds. The van der Waals surface area contributed by atoms with Gasteiger partial charge in [-0.2, -0.15) is 15.0 Å². The molecule has 1 aromatic rings. The Labute approximate surface area is 113 Å². The lowest BCUT2D eigenvalue weighted by Gasteiger charge is -2.13. The molecule has 0 fully saturated rings. The summed E-state index contributed by atoms with van der Waals surface area (Å²) in [6.07, 6.45) is 0.243. The lowest BCUT2D eigenvalue weighted by Crippen LogP contribution is -2.20. The van der Waals surface area contributed by atoms with Crippen LogP contribution in [-0.4, -0.2) is 45.4 Å². The summed E-state index contributed by atoms with van der Waals surface area (Å²) in [6.45, 7) is 8.79. The number of aliphatic hydroxyl groups excluding tert-OH is 1. The van der Waals surface area contributed by atoms with Gasteiger partial charge in [0, 0.05) is 13.1 Å². The van der Waals surface area contributed by atoms with Gasteiger partial charge in [-0.25, -0.2) is 0 Å². The van der Waals surface area contributed by atoms with E-state index >= 15 is 0 Å². The molecule has 0 spiro atoms. The highest BCUT2D eigenvalue weighted by Gasteiger charge is 2.09. The minimum atomic E-state index is -0.422. The normalized spacial score (nSPS) is 12.3. The van der Waals surface area contributed by atoms with E-state index in [9.17, 15) is 5.11 Å². The summed E-state index contributed by atoms with van der Waals surface area (Å²) in [6, 6.07) is 0.273. The van der Waals surface area contributed by atoms with Crippen LogP contribution in [0.2, 0.25) is 0 Å². The third-order valence-electron chi connectivity index (χ3n) is 2.26. The molecule has 3 N–H and O–H groups in total. The van der Waals surface area contributed by atoms with E-state index < -0.39 is 6.10 Å². The molecule has 0 saturated heterocycles. The van der Waals surface area contributed by atoms with Crippen LogP contribution in [0.3, 0.4) is 0 Å². The second-order valence-electron chi connectivity index (χ2n) is 4.41. The zero-order valence-corrected chi connectivity index (χ0v) is 12.0. The van der Waals surface area contributed by atoms with Crippen molar-refractivity contribution in [1.82, 2.24) is 15.0 Å². The number of nitrogens with one attached hydrogen (secondary N) is 2. The Morgan fingerprint density at radius 3 is 2.26 bits per heavy atom. The van der Waals surface area contributed by atoms with Crippen LogP contribution in [0.25, 0.3) is 0 Å². The van der Waals surface area contributed by atoms with Crippen LogP contribution in [0.15, 0.2) is 0 Å². The number of hydrogen-bond acceptors (Lipinski definition) is 7. The fourth-order valence-electron chi connectivity index (χ4n) is 1.29. The van der Waals surface area contributed by atoms with Crippen molar-refractivity contribution in [2.45, 2.75) is 46.3 Å². The van der Waals surface area contributed by atoms with Gasteiger partial charge in [0.05, 0.1) is 12.2 Å². The lowest BCUT2D eigenvalue weighted by molar-refractivity contribution is 0.183. The Morgan fingerprint density at radius 2 is 1.74 bits per heavy atom. The predicted molar refractivity (Wildman–Crippen MR) is 74.5 cm³/mol. The van der Waals surface area contributed by atoms with Crippen LogP contribution >= 0.6 is 0 Å². The number of nitrogens with zero attached hydrogens (tertiary/aromatic N) is 3. The van der Waals surface area contributed by atoms with E-state index in [0.717, 1.165) is 0 Å². The molecule has 1 heterocycles. The van der Waals surface area contributed by atoms with Gasteiger partial charge in [-0.1, -0.05) is 6.92 Å². The molecule has 1 rings (SSSR count). The standard InChI is InChI=1S/C12H23N5O2/c1-5-9(18)7-14-11-15-10(13-6-2)16-12(17-11)19-8(3)4/h8-9,18H,5-7H2,1-4H3,(H2,13,14,15,16,17). The summed E-state index contributed by atoms with van der Waals surface area (Å²) in [4.78, 5) is 12.5. The molecule has 0 aliphatic rings. The van der Waals surface area contributed by atoms with Crippen molar-refractivity contribution >= 4 is 11.9 Å². The highest BCUT2D eigenvalue weighted by Crippen LogP contribution is 2.12. The Hall–Kier alpha value is -1.63. The van der Waals surface area contributed by atoms with Crippen molar-refractivity contribution in [3.8, 4) is 6.01 Å². The van der Waals surface area contributed by atoms with Crippen molar-refractivity contribution in [2.75, 3.05) is 23.7 Å². The van der Waals surface area contributed by atoms with Crippen molar-refractivity contribution in [1.29, 1.82) is 0 Å². The summed E-state index contributed by atoms with van der Waals surface area (Å²) < 4.78 is 5.47. The van der Waals surface area contributed by atoms with Crippen molar-refractivity contribution in [2.24, 2.45) is 0 Å². The topological polar surface area (TPSA) is 92.2 Å². The first-order valence-electron chi connectivity index (χ1n) is 6.63. The second-order valence-corrected chi connectivity index (χ2v) is 4.41. The summed E-state index contributed by atoms with van der Waals surface area (Å²) in [5, 5.41) is 15.5. The summed E-state index contributed by atoms with van der Waals surface area (Å²) in [5.41, 5.74) is 0. The minimum Gasteiger partial charge on any atom is -0.461 e. The van der Waals surface area contributed by atoms with Gasteiger partial charge < -0.3 is 20.5 Å². The van der Waals surface area contributed by atoms with Gasteiger partial charge in [0.1, 0.15) is 0 Å². The third kappa shape index (κ3) is 5.69. The molecule has 0 radical (unpaired) electrons. The van der Waals surface area contributed by atoms with Crippen LogP contribution < -0.4 is 15.4 Å². The molecule has 0 aromatic carbocycles. The van der Waals surface area contributed by atoms with Gasteiger partial charge in [0.15, 0.2) is 0 Å². The van der Waals surface area contributed by atoms with Crippen LogP contribution in [0.5, 0.6) is 6.01 Å². The van der Waals surface area contributed by atoms with Crippen molar-refractivity contribution in [3.05, 3.63) is 0 Å².